The van der Waals surface area contributed by atoms with Crippen molar-refractivity contribution in [3.8, 4) is 0 Å². The molecule has 25 heavy (non-hydrogen) atoms. The Kier molecular flexibility index (Phi) is 8.77. The summed E-state index contributed by atoms with van der Waals surface area (Å²) in [6, 6.07) is 10.2. The maximum absolute atomic E-state index is 10.9. The first-order chi connectivity index (χ1) is 12.1. The second-order valence-electron chi connectivity index (χ2n) is 6.92. The first kappa shape index (κ1) is 19.7. The van der Waals surface area contributed by atoms with E-state index in [4.69, 9.17) is 14.6 Å². The topological polar surface area (TPSA) is 59.0 Å². The molecule has 0 aromatic heterocycles. The number of benzene rings is 1. The van der Waals surface area contributed by atoms with Gasteiger partial charge in [0.2, 0.25) is 0 Å². The molecule has 1 aromatic carbocycles. The number of ether oxygens (including phenoxy) is 2. The average Bonchev–Trinajstić information content (AvgIpc) is 2.63. The van der Waals surface area contributed by atoms with Crippen LogP contribution in [0.3, 0.4) is 0 Å². The van der Waals surface area contributed by atoms with Crippen LogP contribution in [-0.4, -0.2) is 49.0 Å². The van der Waals surface area contributed by atoms with Crippen LogP contribution in [0.1, 0.15) is 44.1 Å². The molecule has 0 heterocycles. The predicted octanol–water partition coefficient (Wildman–Crippen LogP) is 4.17. The van der Waals surface area contributed by atoms with Gasteiger partial charge in [-0.25, -0.2) is 4.79 Å². The van der Waals surface area contributed by atoms with E-state index in [0.717, 1.165) is 51.7 Å². The largest absolute Gasteiger partial charge is 0.465 e. The van der Waals surface area contributed by atoms with Gasteiger partial charge in [-0.15, -0.1) is 0 Å². The second-order valence-corrected chi connectivity index (χ2v) is 6.92. The fourth-order valence-corrected chi connectivity index (χ4v) is 3.27. The molecule has 5 heteroatoms. The van der Waals surface area contributed by atoms with Crippen molar-refractivity contribution in [1.29, 1.82) is 0 Å². The van der Waals surface area contributed by atoms with E-state index in [-0.39, 0.29) is 0 Å². The van der Waals surface area contributed by atoms with Gasteiger partial charge in [-0.3, -0.25) is 0 Å². The lowest BCUT2D eigenvalue weighted by Crippen LogP contribution is -2.33. The molecule has 1 amide bonds. The number of unbranched alkanes of at least 4 members (excludes halogenated alkanes) is 1. The number of carbonyl (C=O) groups is 1. The Balaban J connectivity index is 1.45. The fourth-order valence-electron chi connectivity index (χ4n) is 3.27. The number of rotatable bonds is 10. The first-order valence-corrected chi connectivity index (χ1v) is 9.32. The highest BCUT2D eigenvalue weighted by Gasteiger charge is 2.23. The van der Waals surface area contributed by atoms with Gasteiger partial charge in [0.25, 0.3) is 0 Å². The van der Waals surface area contributed by atoms with Crippen LogP contribution >= 0.6 is 0 Å². The standard InChI is InChI=1S/C20H31NO4/c1-21(20(22)23)15-17-9-11-19(12-10-17)25-14-6-5-13-24-16-18-7-3-2-4-8-18/h2-4,7-8,17,19H,5-6,9-16H2,1H3,(H,22,23). The van der Waals surface area contributed by atoms with E-state index in [2.05, 4.69) is 12.1 Å². The van der Waals surface area contributed by atoms with Crippen LogP contribution in [0.2, 0.25) is 0 Å². The quantitative estimate of drug-likeness (QED) is 0.644. The Morgan fingerprint density at radius 1 is 1.12 bits per heavy atom. The van der Waals surface area contributed by atoms with Gasteiger partial charge in [-0.1, -0.05) is 30.3 Å². The summed E-state index contributed by atoms with van der Waals surface area (Å²) in [5.41, 5.74) is 1.21. The van der Waals surface area contributed by atoms with Crippen LogP contribution in [0.5, 0.6) is 0 Å². The SMILES string of the molecule is CN(CC1CCC(OCCCCOCc2ccccc2)CC1)C(=O)O. The Morgan fingerprint density at radius 3 is 2.48 bits per heavy atom. The molecule has 1 saturated carbocycles. The van der Waals surface area contributed by atoms with Crippen LogP contribution in [0.25, 0.3) is 0 Å². The van der Waals surface area contributed by atoms with Crippen molar-refractivity contribution in [1.82, 2.24) is 4.90 Å². The molecule has 0 radical (unpaired) electrons. The van der Waals surface area contributed by atoms with Crippen molar-refractivity contribution in [3.63, 3.8) is 0 Å². The zero-order valence-corrected chi connectivity index (χ0v) is 15.2. The molecule has 0 bridgehead atoms. The number of amides is 1. The maximum Gasteiger partial charge on any atom is 0.407 e. The normalized spacial score (nSPS) is 20.4. The van der Waals surface area contributed by atoms with Crippen LogP contribution in [0.15, 0.2) is 30.3 Å². The minimum Gasteiger partial charge on any atom is -0.465 e. The smallest absolute Gasteiger partial charge is 0.407 e. The molecule has 2 rings (SSSR count). The molecular weight excluding hydrogens is 318 g/mol. The second kappa shape index (κ2) is 11.1. The lowest BCUT2D eigenvalue weighted by molar-refractivity contribution is 0.0101. The molecule has 140 valence electrons. The predicted molar refractivity (Wildman–Crippen MR) is 97.7 cm³/mol. The summed E-state index contributed by atoms with van der Waals surface area (Å²) in [5, 5.41) is 8.93. The van der Waals surface area contributed by atoms with Crippen molar-refractivity contribution in [3.05, 3.63) is 35.9 Å². The summed E-state index contributed by atoms with van der Waals surface area (Å²) in [7, 11) is 1.64. The number of nitrogens with zero attached hydrogens (tertiary/aromatic N) is 1. The lowest BCUT2D eigenvalue weighted by Gasteiger charge is -2.30. The summed E-state index contributed by atoms with van der Waals surface area (Å²) in [4.78, 5) is 12.2. The third-order valence-corrected chi connectivity index (χ3v) is 4.80. The summed E-state index contributed by atoms with van der Waals surface area (Å²) in [6.07, 6.45) is 5.75. The van der Waals surface area contributed by atoms with Crippen molar-refractivity contribution in [2.45, 2.75) is 51.2 Å². The van der Waals surface area contributed by atoms with Crippen molar-refractivity contribution >= 4 is 6.09 Å². The molecule has 1 aliphatic carbocycles. The van der Waals surface area contributed by atoms with Gasteiger partial charge in [0.05, 0.1) is 12.7 Å². The molecule has 0 spiro atoms. The Bertz CT molecular complexity index is 486. The zero-order chi connectivity index (χ0) is 17.9. The van der Waals surface area contributed by atoms with Gasteiger partial charge in [-0.05, 0) is 50.0 Å². The van der Waals surface area contributed by atoms with E-state index in [0.29, 0.717) is 25.2 Å². The van der Waals surface area contributed by atoms with E-state index in [9.17, 15) is 4.79 Å². The van der Waals surface area contributed by atoms with Gasteiger partial charge in [0.1, 0.15) is 0 Å². The molecule has 1 fully saturated rings. The van der Waals surface area contributed by atoms with Crippen molar-refractivity contribution in [2.24, 2.45) is 5.92 Å². The molecule has 0 atom stereocenters. The van der Waals surface area contributed by atoms with Gasteiger partial charge in [0, 0.05) is 26.8 Å². The molecule has 1 aliphatic rings. The average molecular weight is 349 g/mol. The van der Waals surface area contributed by atoms with E-state index in [1.165, 1.54) is 10.5 Å². The molecule has 1 N–H and O–H groups in total. The van der Waals surface area contributed by atoms with E-state index >= 15 is 0 Å². The summed E-state index contributed by atoms with van der Waals surface area (Å²) in [5.74, 6) is 0.479. The monoisotopic (exact) mass is 349 g/mol. The van der Waals surface area contributed by atoms with Gasteiger partial charge < -0.3 is 19.5 Å². The van der Waals surface area contributed by atoms with Crippen molar-refractivity contribution in [2.75, 3.05) is 26.8 Å². The van der Waals surface area contributed by atoms with Gasteiger partial charge >= 0.3 is 6.09 Å². The fraction of sp³-hybridized carbons (Fsp3) is 0.650. The van der Waals surface area contributed by atoms with Crippen LogP contribution in [0, 0.1) is 5.92 Å². The van der Waals surface area contributed by atoms with E-state index in [1.807, 2.05) is 18.2 Å². The Labute approximate surface area is 150 Å². The highest BCUT2D eigenvalue weighted by atomic mass is 16.5. The van der Waals surface area contributed by atoms with Gasteiger partial charge in [0.15, 0.2) is 0 Å². The Morgan fingerprint density at radius 2 is 1.80 bits per heavy atom. The molecule has 0 aliphatic heterocycles. The van der Waals surface area contributed by atoms with Crippen LogP contribution in [-0.2, 0) is 16.1 Å². The molecular formula is C20H31NO4. The minimum atomic E-state index is -0.840. The molecule has 1 aromatic rings. The maximum atomic E-state index is 10.9. The van der Waals surface area contributed by atoms with E-state index < -0.39 is 6.09 Å². The molecule has 0 unspecified atom stereocenters. The van der Waals surface area contributed by atoms with Crippen molar-refractivity contribution < 1.29 is 19.4 Å². The van der Waals surface area contributed by atoms with Crippen LogP contribution in [0.4, 0.5) is 4.79 Å². The summed E-state index contributed by atoms with van der Waals surface area (Å²) >= 11 is 0. The van der Waals surface area contributed by atoms with Gasteiger partial charge in [-0.2, -0.15) is 0 Å². The highest BCUT2D eigenvalue weighted by molar-refractivity contribution is 5.64. The first-order valence-electron chi connectivity index (χ1n) is 9.32. The number of hydrogen-bond donors (Lipinski definition) is 1. The number of hydrogen-bond acceptors (Lipinski definition) is 3. The Hall–Kier alpha value is -1.59. The minimum absolute atomic E-state index is 0.344. The molecule has 5 nitrogen and oxygen atoms in total. The van der Waals surface area contributed by atoms with Crippen LogP contribution < -0.4 is 0 Å². The zero-order valence-electron chi connectivity index (χ0n) is 15.2. The third kappa shape index (κ3) is 7.88. The van der Waals surface area contributed by atoms with E-state index in [1.54, 1.807) is 7.05 Å². The lowest BCUT2D eigenvalue weighted by atomic mass is 9.87. The highest BCUT2D eigenvalue weighted by Crippen LogP contribution is 2.26. The summed E-state index contributed by atoms with van der Waals surface area (Å²) < 4.78 is 11.6. The number of carboxylic acid groups (broad SMARTS) is 1. The molecule has 0 saturated heterocycles. The summed E-state index contributed by atoms with van der Waals surface area (Å²) in [6.45, 7) is 2.88. The third-order valence-electron chi connectivity index (χ3n) is 4.80.